The van der Waals surface area contributed by atoms with Gasteiger partial charge in [-0.1, -0.05) is 42.5 Å². The molecule has 0 fully saturated rings. The highest BCUT2D eigenvalue weighted by Crippen LogP contribution is 2.16. The van der Waals surface area contributed by atoms with Gasteiger partial charge < -0.3 is 14.8 Å². The Morgan fingerprint density at radius 1 is 0.844 bits per heavy atom. The monoisotopic (exact) mass is 454 g/mol. The van der Waals surface area contributed by atoms with Crippen molar-refractivity contribution in [2.75, 3.05) is 20.3 Å². The molecule has 0 heterocycles. The number of hydrogen-bond donors (Lipinski definition) is 2. The maximum absolute atomic E-state index is 12.4. The Bertz CT molecular complexity index is 1100. The van der Waals surface area contributed by atoms with Crippen LogP contribution in [0.1, 0.15) is 11.1 Å². The molecule has 2 N–H and O–H groups in total. The number of carbonyl (C=O) groups is 1. The van der Waals surface area contributed by atoms with Gasteiger partial charge in [-0.15, -0.1) is 0 Å². The lowest BCUT2D eigenvalue weighted by Gasteiger charge is -2.10. The Balaban J connectivity index is 1.42. The summed E-state index contributed by atoms with van der Waals surface area (Å²) in [4.78, 5) is 12.1. The van der Waals surface area contributed by atoms with Gasteiger partial charge in [-0.05, 0) is 53.9 Å². The normalized spacial score (nSPS) is 11.0. The Kier molecular flexibility index (Phi) is 8.24. The smallest absolute Gasteiger partial charge is 0.257 e. The SMILES string of the molecule is COc1ccc(CCNC(=O)COc2ccc(S(=O)(=O)NCc3ccccc3)cc2)cc1. The number of hydrogen-bond acceptors (Lipinski definition) is 5. The quantitative estimate of drug-likeness (QED) is 0.465. The van der Waals surface area contributed by atoms with Gasteiger partial charge in [-0.3, -0.25) is 4.79 Å². The van der Waals surface area contributed by atoms with Gasteiger partial charge in [0.05, 0.1) is 12.0 Å². The van der Waals surface area contributed by atoms with Gasteiger partial charge in [-0.2, -0.15) is 0 Å². The average Bonchev–Trinajstić information content (AvgIpc) is 2.83. The topological polar surface area (TPSA) is 93.7 Å². The van der Waals surface area contributed by atoms with E-state index in [0.717, 1.165) is 16.9 Å². The summed E-state index contributed by atoms with van der Waals surface area (Å²) < 4.78 is 38.0. The van der Waals surface area contributed by atoms with Gasteiger partial charge in [0, 0.05) is 13.1 Å². The van der Waals surface area contributed by atoms with Crippen molar-refractivity contribution in [2.45, 2.75) is 17.9 Å². The van der Waals surface area contributed by atoms with Crippen molar-refractivity contribution in [1.29, 1.82) is 0 Å². The molecule has 0 aromatic heterocycles. The van der Waals surface area contributed by atoms with Gasteiger partial charge in [0.15, 0.2) is 6.61 Å². The van der Waals surface area contributed by atoms with Gasteiger partial charge in [-0.25, -0.2) is 13.1 Å². The molecule has 0 radical (unpaired) electrons. The number of nitrogens with one attached hydrogen (secondary N) is 2. The van der Waals surface area contributed by atoms with Crippen molar-refractivity contribution >= 4 is 15.9 Å². The van der Waals surface area contributed by atoms with E-state index in [1.54, 1.807) is 7.11 Å². The first kappa shape index (κ1) is 23.3. The Morgan fingerprint density at radius 2 is 1.50 bits per heavy atom. The van der Waals surface area contributed by atoms with E-state index in [-0.39, 0.29) is 24.0 Å². The molecule has 8 heteroatoms. The molecule has 0 saturated carbocycles. The van der Waals surface area contributed by atoms with Crippen molar-refractivity contribution in [3.63, 3.8) is 0 Å². The van der Waals surface area contributed by atoms with E-state index in [0.29, 0.717) is 18.7 Å². The largest absolute Gasteiger partial charge is 0.497 e. The van der Waals surface area contributed by atoms with E-state index in [9.17, 15) is 13.2 Å². The maximum atomic E-state index is 12.4. The fraction of sp³-hybridized carbons (Fsp3) is 0.208. The molecule has 0 aliphatic rings. The van der Waals surface area contributed by atoms with Gasteiger partial charge >= 0.3 is 0 Å². The molecule has 7 nitrogen and oxygen atoms in total. The minimum atomic E-state index is -3.64. The van der Waals surface area contributed by atoms with Crippen LogP contribution < -0.4 is 19.5 Å². The summed E-state index contributed by atoms with van der Waals surface area (Å²) in [7, 11) is -2.03. The molecule has 0 atom stereocenters. The number of ether oxygens (including phenoxy) is 2. The molecule has 168 valence electrons. The first-order valence-electron chi connectivity index (χ1n) is 10.1. The highest BCUT2D eigenvalue weighted by atomic mass is 32.2. The lowest BCUT2D eigenvalue weighted by molar-refractivity contribution is -0.123. The zero-order chi connectivity index (χ0) is 22.8. The lowest BCUT2D eigenvalue weighted by atomic mass is 10.1. The number of benzene rings is 3. The van der Waals surface area contributed by atoms with E-state index < -0.39 is 10.0 Å². The highest BCUT2D eigenvalue weighted by Gasteiger charge is 2.14. The molecule has 3 aromatic carbocycles. The second-order valence-electron chi connectivity index (χ2n) is 7.02. The van der Waals surface area contributed by atoms with Crippen LogP contribution >= 0.6 is 0 Å². The molecule has 0 bridgehead atoms. The summed E-state index contributed by atoms with van der Waals surface area (Å²) >= 11 is 0. The third kappa shape index (κ3) is 7.11. The molecule has 3 aromatic rings. The molecule has 32 heavy (non-hydrogen) atoms. The third-order valence-corrected chi connectivity index (χ3v) is 6.13. The molecule has 0 aliphatic carbocycles. The van der Waals surface area contributed by atoms with Crippen molar-refractivity contribution < 1.29 is 22.7 Å². The van der Waals surface area contributed by atoms with Gasteiger partial charge in [0.25, 0.3) is 5.91 Å². The third-order valence-electron chi connectivity index (χ3n) is 4.71. The number of carbonyl (C=O) groups excluding carboxylic acids is 1. The molecule has 0 unspecified atom stereocenters. The number of methoxy groups -OCH3 is 1. The fourth-order valence-electron chi connectivity index (χ4n) is 2.91. The minimum absolute atomic E-state index is 0.129. The molecule has 1 amide bonds. The molecule has 0 spiro atoms. The van der Waals surface area contributed by atoms with Crippen molar-refractivity contribution in [3.05, 3.63) is 90.0 Å². The predicted molar refractivity (Wildman–Crippen MR) is 122 cm³/mol. The molecule has 3 rings (SSSR count). The summed E-state index contributed by atoms with van der Waals surface area (Å²) in [6.07, 6.45) is 0.693. The van der Waals surface area contributed by atoms with E-state index in [1.165, 1.54) is 24.3 Å². The van der Waals surface area contributed by atoms with Crippen molar-refractivity contribution in [2.24, 2.45) is 0 Å². The fourth-order valence-corrected chi connectivity index (χ4v) is 3.93. The number of amides is 1. The summed E-state index contributed by atoms with van der Waals surface area (Å²) in [6.45, 7) is 0.540. The van der Waals surface area contributed by atoms with Gasteiger partial charge in [0.1, 0.15) is 11.5 Å². The Hall–Kier alpha value is -3.36. The molecule has 0 saturated heterocycles. The van der Waals surface area contributed by atoms with E-state index in [4.69, 9.17) is 9.47 Å². The van der Waals surface area contributed by atoms with Crippen molar-refractivity contribution in [1.82, 2.24) is 10.0 Å². The lowest BCUT2D eigenvalue weighted by Crippen LogP contribution is -2.30. The standard InChI is InChI=1S/C24H26N2O5S/c1-30-21-9-7-19(8-10-21)15-16-25-24(27)18-31-22-11-13-23(14-12-22)32(28,29)26-17-20-5-3-2-4-6-20/h2-14,26H,15-18H2,1H3,(H,25,27). The Labute approximate surface area is 188 Å². The van der Waals surface area contributed by atoms with Crippen LogP contribution in [0.4, 0.5) is 0 Å². The molecular formula is C24H26N2O5S. The highest BCUT2D eigenvalue weighted by molar-refractivity contribution is 7.89. The summed E-state index contributed by atoms with van der Waals surface area (Å²) in [5, 5.41) is 2.80. The first-order valence-corrected chi connectivity index (χ1v) is 11.6. The summed E-state index contributed by atoms with van der Waals surface area (Å²) in [5.74, 6) is 0.953. The van der Waals surface area contributed by atoms with Crippen LogP contribution in [0.2, 0.25) is 0 Å². The van der Waals surface area contributed by atoms with Crippen LogP contribution in [0.15, 0.2) is 83.8 Å². The molecule has 0 aliphatic heterocycles. The number of rotatable bonds is 11. The average molecular weight is 455 g/mol. The van der Waals surface area contributed by atoms with Crippen LogP contribution in [-0.2, 0) is 27.8 Å². The van der Waals surface area contributed by atoms with Crippen LogP contribution in [0.3, 0.4) is 0 Å². The van der Waals surface area contributed by atoms with Crippen LogP contribution in [-0.4, -0.2) is 34.6 Å². The van der Waals surface area contributed by atoms with Crippen molar-refractivity contribution in [3.8, 4) is 11.5 Å². The Morgan fingerprint density at radius 3 is 2.16 bits per heavy atom. The maximum Gasteiger partial charge on any atom is 0.257 e. The number of sulfonamides is 1. The second kappa shape index (κ2) is 11.3. The second-order valence-corrected chi connectivity index (χ2v) is 8.79. The van der Waals surface area contributed by atoms with Crippen LogP contribution in [0.25, 0.3) is 0 Å². The first-order chi connectivity index (χ1) is 15.5. The molecular weight excluding hydrogens is 428 g/mol. The summed E-state index contributed by atoms with van der Waals surface area (Å²) in [6, 6.07) is 22.9. The predicted octanol–water partition coefficient (Wildman–Crippen LogP) is 2.91. The zero-order valence-corrected chi connectivity index (χ0v) is 18.6. The van der Waals surface area contributed by atoms with Crippen LogP contribution in [0.5, 0.6) is 11.5 Å². The van der Waals surface area contributed by atoms with Crippen LogP contribution in [0, 0.1) is 0 Å². The van der Waals surface area contributed by atoms with E-state index >= 15 is 0 Å². The van der Waals surface area contributed by atoms with Gasteiger partial charge in [0.2, 0.25) is 10.0 Å². The minimum Gasteiger partial charge on any atom is -0.497 e. The van der Waals surface area contributed by atoms with E-state index in [2.05, 4.69) is 10.0 Å². The zero-order valence-electron chi connectivity index (χ0n) is 17.8. The summed E-state index contributed by atoms with van der Waals surface area (Å²) in [5.41, 5.74) is 1.96. The van der Waals surface area contributed by atoms with E-state index in [1.807, 2.05) is 54.6 Å².